The number of hydrogen-bond donors (Lipinski definition) is 3. The van der Waals surface area contributed by atoms with Gasteiger partial charge in [0.25, 0.3) is 0 Å². The van der Waals surface area contributed by atoms with Crippen molar-refractivity contribution in [2.24, 2.45) is 16.6 Å². The number of rotatable bonds is 4. The van der Waals surface area contributed by atoms with E-state index in [1.807, 2.05) is 14.1 Å². The van der Waals surface area contributed by atoms with Crippen molar-refractivity contribution in [3.05, 3.63) is 0 Å². The molecule has 0 aromatic carbocycles. The van der Waals surface area contributed by atoms with Crippen LogP contribution in [-0.2, 0) is 0 Å². The predicted octanol–water partition coefficient (Wildman–Crippen LogP) is -1.28. The molecule has 0 bridgehead atoms. The van der Waals surface area contributed by atoms with Crippen molar-refractivity contribution < 1.29 is 0 Å². The molecule has 0 heterocycles. The van der Waals surface area contributed by atoms with Crippen LogP contribution in [-0.4, -0.2) is 38.0 Å². The van der Waals surface area contributed by atoms with Crippen molar-refractivity contribution in [1.29, 1.82) is 0 Å². The second-order valence-corrected chi connectivity index (χ2v) is 2.57. The first kappa shape index (κ1) is 10.2. The zero-order valence-corrected chi connectivity index (χ0v) is 7.17. The van der Waals surface area contributed by atoms with Crippen LogP contribution >= 0.6 is 0 Å². The summed E-state index contributed by atoms with van der Waals surface area (Å²) >= 11 is 0. The third-order valence-corrected chi connectivity index (χ3v) is 1.19. The molecule has 66 valence electrons. The first-order chi connectivity index (χ1) is 5.16. The van der Waals surface area contributed by atoms with Gasteiger partial charge in [-0.3, -0.25) is 10.4 Å². The molecule has 0 unspecified atom stereocenters. The molecule has 0 aromatic rings. The summed E-state index contributed by atoms with van der Waals surface area (Å²) in [7, 11) is 4.04. The Bertz CT molecular complexity index is 120. The smallest absolute Gasteiger partial charge is 0.203 e. The Morgan fingerprint density at radius 1 is 1.55 bits per heavy atom. The van der Waals surface area contributed by atoms with Gasteiger partial charge in [0.2, 0.25) is 5.96 Å². The van der Waals surface area contributed by atoms with Gasteiger partial charge in [-0.25, -0.2) is 5.84 Å². The van der Waals surface area contributed by atoms with Crippen LogP contribution in [0.4, 0.5) is 0 Å². The van der Waals surface area contributed by atoms with Gasteiger partial charge in [0.1, 0.15) is 0 Å². The van der Waals surface area contributed by atoms with Gasteiger partial charge in [-0.1, -0.05) is 0 Å². The molecule has 0 fully saturated rings. The topological polar surface area (TPSA) is 79.7 Å². The van der Waals surface area contributed by atoms with Gasteiger partial charge in [-0.05, 0) is 27.1 Å². The Kier molecular flexibility index (Phi) is 5.50. The van der Waals surface area contributed by atoms with Gasteiger partial charge < -0.3 is 10.6 Å². The molecule has 0 saturated carbocycles. The third-order valence-electron chi connectivity index (χ3n) is 1.19. The van der Waals surface area contributed by atoms with E-state index >= 15 is 0 Å². The Balaban J connectivity index is 3.26. The van der Waals surface area contributed by atoms with Crippen LogP contribution in [0.25, 0.3) is 0 Å². The number of hydrogen-bond acceptors (Lipinski definition) is 3. The van der Waals surface area contributed by atoms with E-state index in [1.54, 1.807) is 0 Å². The zero-order valence-electron chi connectivity index (χ0n) is 7.17. The SMILES string of the molecule is CN(C)CCCN=C(N)NN. The molecule has 0 radical (unpaired) electrons. The van der Waals surface area contributed by atoms with Crippen molar-refractivity contribution in [1.82, 2.24) is 10.3 Å². The molecular formula is C6H17N5. The summed E-state index contributed by atoms with van der Waals surface area (Å²) in [6.07, 6.45) is 0.995. The van der Waals surface area contributed by atoms with Crippen LogP contribution in [0.3, 0.4) is 0 Å². The van der Waals surface area contributed by atoms with E-state index in [0.717, 1.165) is 13.0 Å². The summed E-state index contributed by atoms with van der Waals surface area (Å²) in [6.45, 7) is 1.73. The molecule has 0 aliphatic rings. The maximum atomic E-state index is 5.29. The van der Waals surface area contributed by atoms with Gasteiger partial charge in [0.15, 0.2) is 0 Å². The lowest BCUT2D eigenvalue weighted by Crippen LogP contribution is -2.37. The molecule has 0 aliphatic carbocycles. The summed E-state index contributed by atoms with van der Waals surface area (Å²) in [5.41, 5.74) is 7.56. The van der Waals surface area contributed by atoms with Crippen LogP contribution < -0.4 is 17.0 Å². The number of hydrazine groups is 1. The van der Waals surface area contributed by atoms with Crippen LogP contribution in [0.5, 0.6) is 0 Å². The summed E-state index contributed by atoms with van der Waals surface area (Å²) in [5.74, 6) is 5.29. The quantitative estimate of drug-likeness (QED) is 0.157. The molecule has 0 saturated heterocycles. The highest BCUT2D eigenvalue weighted by Crippen LogP contribution is 1.83. The first-order valence-corrected chi connectivity index (χ1v) is 3.58. The fourth-order valence-corrected chi connectivity index (χ4v) is 0.632. The lowest BCUT2D eigenvalue weighted by Gasteiger charge is -2.06. The van der Waals surface area contributed by atoms with Crippen molar-refractivity contribution in [3.63, 3.8) is 0 Å². The molecule has 5 N–H and O–H groups in total. The van der Waals surface area contributed by atoms with E-state index in [9.17, 15) is 0 Å². The summed E-state index contributed by atoms with van der Waals surface area (Å²) < 4.78 is 0. The van der Waals surface area contributed by atoms with Crippen LogP contribution in [0.2, 0.25) is 0 Å². The zero-order chi connectivity index (χ0) is 8.69. The standard InChI is InChI=1S/C6H17N5/c1-11(2)5-3-4-9-6(7)10-8/h3-5,8H2,1-2H3,(H3,7,9,10). The Morgan fingerprint density at radius 2 is 2.18 bits per heavy atom. The van der Waals surface area contributed by atoms with Gasteiger partial charge >= 0.3 is 0 Å². The fourth-order valence-electron chi connectivity index (χ4n) is 0.632. The molecule has 0 rings (SSSR count). The molecular weight excluding hydrogens is 142 g/mol. The Morgan fingerprint density at radius 3 is 2.64 bits per heavy atom. The number of nitrogens with one attached hydrogen (secondary N) is 1. The van der Waals surface area contributed by atoms with Crippen molar-refractivity contribution in [2.45, 2.75) is 6.42 Å². The van der Waals surface area contributed by atoms with E-state index in [2.05, 4.69) is 15.3 Å². The lowest BCUT2D eigenvalue weighted by atomic mass is 10.4. The lowest BCUT2D eigenvalue weighted by molar-refractivity contribution is 0.403. The molecule has 0 aliphatic heterocycles. The van der Waals surface area contributed by atoms with E-state index < -0.39 is 0 Å². The molecule has 0 amide bonds. The number of nitrogens with zero attached hydrogens (tertiary/aromatic N) is 2. The molecule has 11 heavy (non-hydrogen) atoms. The second kappa shape index (κ2) is 5.94. The summed E-state index contributed by atoms with van der Waals surface area (Å²) in [4.78, 5) is 6.05. The summed E-state index contributed by atoms with van der Waals surface area (Å²) in [6, 6.07) is 0. The number of aliphatic imine (C=N–C) groups is 1. The summed E-state index contributed by atoms with van der Waals surface area (Å²) in [5, 5.41) is 0. The van der Waals surface area contributed by atoms with E-state index in [4.69, 9.17) is 11.6 Å². The highest BCUT2D eigenvalue weighted by atomic mass is 15.3. The van der Waals surface area contributed by atoms with Crippen molar-refractivity contribution in [3.8, 4) is 0 Å². The van der Waals surface area contributed by atoms with Crippen LogP contribution in [0, 0.1) is 0 Å². The van der Waals surface area contributed by atoms with E-state index in [-0.39, 0.29) is 0 Å². The average molecular weight is 159 g/mol. The van der Waals surface area contributed by atoms with Crippen LogP contribution in [0.15, 0.2) is 4.99 Å². The molecule has 5 heteroatoms. The fraction of sp³-hybridized carbons (Fsp3) is 0.833. The number of nitrogens with two attached hydrogens (primary N) is 2. The second-order valence-electron chi connectivity index (χ2n) is 2.57. The van der Waals surface area contributed by atoms with Gasteiger partial charge in [-0.2, -0.15) is 0 Å². The highest BCUT2D eigenvalue weighted by Gasteiger charge is 1.89. The maximum absolute atomic E-state index is 5.29. The minimum atomic E-state index is 0.295. The predicted molar refractivity (Wildman–Crippen MR) is 47.0 cm³/mol. The van der Waals surface area contributed by atoms with Crippen molar-refractivity contribution >= 4 is 5.96 Å². The molecule has 0 spiro atoms. The Labute approximate surface area is 67.4 Å². The average Bonchev–Trinajstić information content (AvgIpc) is 1.97. The molecule has 0 atom stereocenters. The minimum absolute atomic E-state index is 0.295. The third kappa shape index (κ3) is 7.08. The van der Waals surface area contributed by atoms with Gasteiger partial charge in [-0.15, -0.1) is 0 Å². The first-order valence-electron chi connectivity index (χ1n) is 3.58. The normalized spacial score (nSPS) is 12.2. The van der Waals surface area contributed by atoms with E-state index in [0.29, 0.717) is 12.5 Å². The highest BCUT2D eigenvalue weighted by molar-refractivity contribution is 5.76. The maximum Gasteiger partial charge on any atom is 0.203 e. The number of guanidine groups is 1. The van der Waals surface area contributed by atoms with Gasteiger partial charge in [0, 0.05) is 6.54 Å². The molecule has 0 aromatic heterocycles. The van der Waals surface area contributed by atoms with E-state index in [1.165, 1.54) is 0 Å². The minimum Gasteiger partial charge on any atom is -0.369 e. The monoisotopic (exact) mass is 159 g/mol. The van der Waals surface area contributed by atoms with Crippen molar-refractivity contribution in [2.75, 3.05) is 27.2 Å². The van der Waals surface area contributed by atoms with Crippen LogP contribution in [0.1, 0.15) is 6.42 Å². The molecule has 5 nitrogen and oxygen atoms in total. The Hall–Kier alpha value is -0.810. The largest absolute Gasteiger partial charge is 0.369 e. The van der Waals surface area contributed by atoms with Gasteiger partial charge in [0.05, 0.1) is 0 Å².